The number of rotatable bonds is 10. The van der Waals surface area contributed by atoms with E-state index in [-0.39, 0.29) is 24.8 Å². The Labute approximate surface area is 147 Å². The van der Waals surface area contributed by atoms with E-state index in [4.69, 9.17) is 9.47 Å². The smallest absolute Gasteiger partial charge is 0.244 e. The van der Waals surface area contributed by atoms with Gasteiger partial charge in [-0.2, -0.15) is 0 Å². The largest absolute Gasteiger partial charge is 0.352 e. The molecule has 1 N–H and O–H groups in total. The minimum absolute atomic E-state index is 0.0213. The SMILES string of the molecule is CCOC(CC(=O)N(C)CC(=O)Nc1ccccc1SC)OCC. The number of benzene rings is 1. The van der Waals surface area contributed by atoms with Gasteiger partial charge in [-0.15, -0.1) is 11.8 Å². The summed E-state index contributed by atoms with van der Waals surface area (Å²) in [6, 6.07) is 7.55. The average molecular weight is 354 g/mol. The number of thioether (sulfide) groups is 1. The Balaban J connectivity index is 2.54. The number of carbonyl (C=O) groups excluding carboxylic acids is 2. The van der Waals surface area contributed by atoms with Gasteiger partial charge in [0.25, 0.3) is 0 Å². The summed E-state index contributed by atoms with van der Waals surface area (Å²) in [5.74, 6) is -0.438. The van der Waals surface area contributed by atoms with Crippen molar-refractivity contribution in [1.82, 2.24) is 4.90 Å². The standard InChI is InChI=1S/C17H26N2O4S/c1-5-22-17(23-6-2)11-16(21)19(3)12-15(20)18-13-9-7-8-10-14(13)24-4/h7-10,17H,5-6,11-12H2,1-4H3,(H,18,20). The Morgan fingerprint density at radius 1 is 1.21 bits per heavy atom. The lowest BCUT2D eigenvalue weighted by Gasteiger charge is -2.21. The van der Waals surface area contributed by atoms with E-state index in [1.807, 2.05) is 44.4 Å². The first-order chi connectivity index (χ1) is 11.5. The van der Waals surface area contributed by atoms with Crippen LogP contribution in [0.4, 0.5) is 5.69 Å². The number of anilines is 1. The van der Waals surface area contributed by atoms with Crippen LogP contribution < -0.4 is 5.32 Å². The highest BCUT2D eigenvalue weighted by molar-refractivity contribution is 7.98. The van der Waals surface area contributed by atoms with Crippen molar-refractivity contribution in [3.63, 3.8) is 0 Å². The van der Waals surface area contributed by atoms with Gasteiger partial charge in [0, 0.05) is 25.2 Å². The highest BCUT2D eigenvalue weighted by Gasteiger charge is 2.19. The Bertz CT molecular complexity index is 533. The maximum Gasteiger partial charge on any atom is 0.244 e. The quantitative estimate of drug-likeness (QED) is 0.517. The number of ether oxygens (including phenoxy) is 2. The number of hydrogen-bond acceptors (Lipinski definition) is 5. The van der Waals surface area contributed by atoms with E-state index in [0.29, 0.717) is 13.2 Å². The lowest BCUT2D eigenvalue weighted by Crippen LogP contribution is -2.37. The molecule has 0 aliphatic rings. The van der Waals surface area contributed by atoms with Crippen molar-refractivity contribution in [1.29, 1.82) is 0 Å². The first-order valence-corrected chi connectivity index (χ1v) is 9.14. The average Bonchev–Trinajstić information content (AvgIpc) is 2.55. The van der Waals surface area contributed by atoms with Crippen molar-refractivity contribution in [2.24, 2.45) is 0 Å². The number of para-hydroxylation sites is 1. The minimum atomic E-state index is -0.574. The fraction of sp³-hybridized carbons (Fsp3) is 0.529. The summed E-state index contributed by atoms with van der Waals surface area (Å²) in [6.07, 6.45) is 1.46. The van der Waals surface area contributed by atoms with Crippen molar-refractivity contribution in [3.05, 3.63) is 24.3 Å². The van der Waals surface area contributed by atoms with Gasteiger partial charge in [-0.3, -0.25) is 9.59 Å². The van der Waals surface area contributed by atoms with Crippen LogP contribution in [0.1, 0.15) is 20.3 Å². The van der Waals surface area contributed by atoms with Crippen LogP contribution in [0.5, 0.6) is 0 Å². The molecule has 134 valence electrons. The maximum atomic E-state index is 12.2. The van der Waals surface area contributed by atoms with E-state index in [0.717, 1.165) is 10.6 Å². The van der Waals surface area contributed by atoms with E-state index in [1.165, 1.54) is 4.90 Å². The summed E-state index contributed by atoms with van der Waals surface area (Å²) in [4.78, 5) is 26.7. The van der Waals surface area contributed by atoms with E-state index >= 15 is 0 Å². The number of nitrogens with one attached hydrogen (secondary N) is 1. The lowest BCUT2D eigenvalue weighted by molar-refractivity contribution is -0.159. The topological polar surface area (TPSA) is 67.9 Å². The number of hydrogen-bond donors (Lipinski definition) is 1. The third kappa shape index (κ3) is 6.90. The van der Waals surface area contributed by atoms with E-state index in [1.54, 1.807) is 18.8 Å². The molecule has 0 aliphatic carbocycles. The molecule has 0 heterocycles. The minimum Gasteiger partial charge on any atom is -0.352 e. The molecule has 0 fully saturated rings. The Morgan fingerprint density at radius 2 is 1.83 bits per heavy atom. The highest BCUT2D eigenvalue weighted by Crippen LogP contribution is 2.24. The molecule has 7 heteroatoms. The maximum absolute atomic E-state index is 12.2. The summed E-state index contributed by atoms with van der Waals surface area (Å²) in [7, 11) is 1.59. The van der Waals surface area contributed by atoms with E-state index in [2.05, 4.69) is 5.32 Å². The molecule has 0 spiro atoms. The molecule has 0 unspecified atom stereocenters. The molecule has 0 aliphatic heterocycles. The van der Waals surface area contributed by atoms with Gasteiger partial charge in [-0.25, -0.2) is 0 Å². The van der Waals surface area contributed by atoms with Crippen LogP contribution in [0.25, 0.3) is 0 Å². The Morgan fingerprint density at radius 3 is 2.42 bits per heavy atom. The van der Waals surface area contributed by atoms with Crippen molar-refractivity contribution >= 4 is 29.3 Å². The fourth-order valence-corrected chi connectivity index (χ4v) is 2.63. The molecule has 0 atom stereocenters. The predicted octanol–water partition coefficient (Wildman–Crippen LogP) is 2.59. The van der Waals surface area contributed by atoms with Gasteiger partial charge in [0.05, 0.1) is 18.7 Å². The molecule has 0 saturated heterocycles. The molecule has 1 rings (SSSR count). The summed E-state index contributed by atoms with van der Waals surface area (Å²) in [5.41, 5.74) is 0.748. The summed E-state index contributed by atoms with van der Waals surface area (Å²) in [5, 5.41) is 2.83. The Hall–Kier alpha value is -1.57. The first-order valence-electron chi connectivity index (χ1n) is 7.91. The zero-order valence-electron chi connectivity index (χ0n) is 14.7. The van der Waals surface area contributed by atoms with Gasteiger partial charge in [0.15, 0.2) is 6.29 Å². The van der Waals surface area contributed by atoms with Crippen LogP contribution in [0, 0.1) is 0 Å². The number of likely N-dealkylation sites (N-methyl/N-ethyl adjacent to an activating group) is 1. The van der Waals surface area contributed by atoms with Crippen LogP contribution in [0.2, 0.25) is 0 Å². The second kappa shape index (κ2) is 11.1. The van der Waals surface area contributed by atoms with Gasteiger partial charge in [0.2, 0.25) is 11.8 Å². The zero-order chi connectivity index (χ0) is 17.9. The van der Waals surface area contributed by atoms with Gasteiger partial charge < -0.3 is 19.7 Å². The van der Waals surface area contributed by atoms with Gasteiger partial charge >= 0.3 is 0 Å². The van der Waals surface area contributed by atoms with Gasteiger partial charge in [0.1, 0.15) is 0 Å². The first kappa shape index (κ1) is 20.5. The van der Waals surface area contributed by atoms with Crippen LogP contribution in [-0.4, -0.2) is 56.1 Å². The third-order valence-corrected chi connectivity index (χ3v) is 4.03. The van der Waals surface area contributed by atoms with Crippen molar-refractivity contribution in [3.8, 4) is 0 Å². The van der Waals surface area contributed by atoms with Crippen molar-refractivity contribution in [2.45, 2.75) is 31.5 Å². The molecule has 0 saturated carbocycles. The number of nitrogens with zero attached hydrogens (tertiary/aromatic N) is 1. The molecule has 6 nitrogen and oxygen atoms in total. The Kier molecular flexibility index (Phi) is 9.44. The van der Waals surface area contributed by atoms with Gasteiger partial charge in [-0.1, -0.05) is 12.1 Å². The highest BCUT2D eigenvalue weighted by atomic mass is 32.2. The molecule has 1 aromatic rings. The lowest BCUT2D eigenvalue weighted by atomic mass is 10.3. The second-order valence-electron chi connectivity index (χ2n) is 5.04. The number of amides is 2. The van der Waals surface area contributed by atoms with Crippen LogP contribution in [-0.2, 0) is 19.1 Å². The van der Waals surface area contributed by atoms with Crippen LogP contribution in [0.15, 0.2) is 29.2 Å². The molecule has 0 aromatic heterocycles. The molecule has 24 heavy (non-hydrogen) atoms. The molecule has 1 aromatic carbocycles. The van der Waals surface area contributed by atoms with E-state index < -0.39 is 6.29 Å². The summed E-state index contributed by atoms with van der Waals surface area (Å²) in [6.45, 7) is 4.60. The second-order valence-corrected chi connectivity index (χ2v) is 5.89. The van der Waals surface area contributed by atoms with Crippen LogP contribution >= 0.6 is 11.8 Å². The van der Waals surface area contributed by atoms with Crippen molar-refractivity contribution < 1.29 is 19.1 Å². The number of carbonyl (C=O) groups is 2. The molecule has 0 radical (unpaired) electrons. The monoisotopic (exact) mass is 354 g/mol. The van der Waals surface area contributed by atoms with Crippen LogP contribution in [0.3, 0.4) is 0 Å². The summed E-state index contributed by atoms with van der Waals surface area (Å²) >= 11 is 1.55. The van der Waals surface area contributed by atoms with Crippen molar-refractivity contribution in [2.75, 3.05) is 38.4 Å². The third-order valence-electron chi connectivity index (χ3n) is 3.23. The fourth-order valence-electron chi connectivity index (χ4n) is 2.08. The molecular weight excluding hydrogens is 328 g/mol. The molecule has 0 bridgehead atoms. The van der Waals surface area contributed by atoms with E-state index in [9.17, 15) is 9.59 Å². The zero-order valence-corrected chi connectivity index (χ0v) is 15.5. The molecular formula is C17H26N2O4S. The summed E-state index contributed by atoms with van der Waals surface area (Å²) < 4.78 is 10.7. The normalized spacial score (nSPS) is 10.7. The van der Waals surface area contributed by atoms with Gasteiger partial charge in [-0.05, 0) is 32.2 Å². The predicted molar refractivity (Wildman–Crippen MR) is 96.1 cm³/mol. The molecule has 2 amide bonds.